The van der Waals surface area contributed by atoms with E-state index < -0.39 is 11.8 Å². The maximum atomic E-state index is 11.6. The number of carbonyl (C=O) groups excluding carboxylic acids is 2. The van der Waals surface area contributed by atoms with Crippen molar-refractivity contribution in [2.75, 3.05) is 0 Å². The van der Waals surface area contributed by atoms with Crippen molar-refractivity contribution in [3.05, 3.63) is 23.7 Å². The largest absolute Gasteiger partial charge is 0.460 e. The van der Waals surface area contributed by atoms with Gasteiger partial charge in [0, 0.05) is 0 Å². The highest BCUT2D eigenvalue weighted by Crippen LogP contribution is 2.06. The zero-order valence-corrected chi connectivity index (χ0v) is 9.93. The molecule has 1 aromatic rings. The van der Waals surface area contributed by atoms with Crippen molar-refractivity contribution in [2.24, 2.45) is 16.1 Å². The third-order valence-electron chi connectivity index (χ3n) is 2.44. The van der Waals surface area contributed by atoms with E-state index in [9.17, 15) is 9.59 Å². The lowest BCUT2D eigenvalue weighted by Crippen LogP contribution is -2.32. The minimum Gasteiger partial charge on any atom is -0.460 e. The Morgan fingerprint density at radius 2 is 2.39 bits per heavy atom. The van der Waals surface area contributed by atoms with E-state index in [1.165, 1.54) is 6.21 Å². The molecule has 18 heavy (non-hydrogen) atoms. The predicted molar refractivity (Wildman–Crippen MR) is 63.9 cm³/mol. The van der Waals surface area contributed by atoms with Gasteiger partial charge in [-0.2, -0.15) is 10.2 Å². The van der Waals surface area contributed by atoms with Gasteiger partial charge in [0.05, 0.1) is 12.1 Å². The van der Waals surface area contributed by atoms with E-state index in [1.54, 1.807) is 19.1 Å². The summed E-state index contributed by atoms with van der Waals surface area (Å²) < 4.78 is 5.23. The molecule has 0 bridgehead atoms. The average molecular weight is 248 g/mol. The number of aryl methyl sites for hydroxylation is 1. The molecule has 0 fully saturated rings. The molecule has 1 aromatic heterocycles. The lowest BCUT2D eigenvalue weighted by Gasteiger charge is -2.01. The van der Waals surface area contributed by atoms with Crippen molar-refractivity contribution in [3.8, 4) is 0 Å². The van der Waals surface area contributed by atoms with Gasteiger partial charge in [-0.3, -0.25) is 9.59 Å². The Kier molecular flexibility index (Phi) is 3.22. The molecular weight excluding hydrogens is 236 g/mol. The van der Waals surface area contributed by atoms with Crippen molar-refractivity contribution in [1.82, 2.24) is 10.9 Å². The standard InChI is InChI=1S/C11H12N4O3/c1-6-3-4-8(18-6)5-12-14-11(17)9-7(2)10(16)15-13-9/h3-5,7H,1-2H3,(H,14,17)(H,15,16)/b12-5-/t7-/m1/s1. The van der Waals surface area contributed by atoms with Crippen molar-refractivity contribution in [3.63, 3.8) is 0 Å². The molecule has 7 nitrogen and oxygen atoms in total. The van der Waals surface area contributed by atoms with E-state index in [0.29, 0.717) is 5.76 Å². The van der Waals surface area contributed by atoms with Gasteiger partial charge in [-0.1, -0.05) is 0 Å². The Morgan fingerprint density at radius 3 is 2.94 bits per heavy atom. The Labute approximate surface area is 103 Å². The second-order valence-corrected chi connectivity index (χ2v) is 3.84. The lowest BCUT2D eigenvalue weighted by atomic mass is 10.1. The minimum atomic E-state index is -0.564. The molecule has 0 saturated carbocycles. The molecule has 0 aromatic carbocycles. The fourth-order valence-corrected chi connectivity index (χ4v) is 1.42. The van der Waals surface area contributed by atoms with Gasteiger partial charge in [0.15, 0.2) is 0 Å². The van der Waals surface area contributed by atoms with Crippen LogP contribution in [0.3, 0.4) is 0 Å². The van der Waals surface area contributed by atoms with Gasteiger partial charge in [-0.05, 0) is 26.0 Å². The minimum absolute atomic E-state index is 0.118. The molecule has 0 spiro atoms. The number of hydrogen-bond acceptors (Lipinski definition) is 5. The van der Waals surface area contributed by atoms with Crippen LogP contribution in [0.15, 0.2) is 26.8 Å². The first-order valence-electron chi connectivity index (χ1n) is 5.35. The maximum Gasteiger partial charge on any atom is 0.288 e. The Hall–Kier alpha value is -2.44. The lowest BCUT2D eigenvalue weighted by molar-refractivity contribution is -0.122. The molecule has 1 aliphatic heterocycles. The van der Waals surface area contributed by atoms with Gasteiger partial charge >= 0.3 is 0 Å². The van der Waals surface area contributed by atoms with Crippen LogP contribution in [0.1, 0.15) is 18.4 Å². The molecule has 0 radical (unpaired) electrons. The average Bonchev–Trinajstić information content (AvgIpc) is 2.87. The summed E-state index contributed by atoms with van der Waals surface area (Å²) in [6.07, 6.45) is 1.38. The first kappa shape index (κ1) is 12.0. The number of rotatable bonds is 3. The molecule has 0 unspecified atom stereocenters. The summed E-state index contributed by atoms with van der Waals surface area (Å²) >= 11 is 0. The molecule has 94 valence electrons. The molecule has 0 saturated heterocycles. The number of furan rings is 1. The van der Waals surface area contributed by atoms with Crippen LogP contribution >= 0.6 is 0 Å². The van der Waals surface area contributed by atoms with Gasteiger partial charge in [0.1, 0.15) is 17.2 Å². The molecular formula is C11H12N4O3. The summed E-state index contributed by atoms with van der Waals surface area (Å²) in [5.74, 6) is -0.0907. The Balaban J connectivity index is 1.93. The van der Waals surface area contributed by atoms with Gasteiger partial charge in [0.2, 0.25) is 5.91 Å². The summed E-state index contributed by atoms with van der Waals surface area (Å²) in [7, 11) is 0. The second-order valence-electron chi connectivity index (χ2n) is 3.84. The van der Waals surface area contributed by atoms with Crippen LogP contribution in [0.5, 0.6) is 0 Å². The van der Waals surface area contributed by atoms with E-state index in [2.05, 4.69) is 21.1 Å². The molecule has 2 amide bonds. The summed E-state index contributed by atoms with van der Waals surface area (Å²) in [6, 6.07) is 3.51. The summed E-state index contributed by atoms with van der Waals surface area (Å²) in [5.41, 5.74) is 4.63. The number of hydrazone groups is 2. The number of nitrogens with zero attached hydrogens (tertiary/aromatic N) is 2. The van der Waals surface area contributed by atoms with E-state index in [-0.39, 0.29) is 11.6 Å². The number of hydrogen-bond donors (Lipinski definition) is 2. The molecule has 2 rings (SSSR count). The number of amides is 2. The highest BCUT2D eigenvalue weighted by Gasteiger charge is 2.30. The summed E-state index contributed by atoms with van der Waals surface area (Å²) in [4.78, 5) is 22.7. The highest BCUT2D eigenvalue weighted by molar-refractivity contribution is 6.44. The van der Waals surface area contributed by atoms with Gasteiger partial charge in [-0.15, -0.1) is 0 Å². The van der Waals surface area contributed by atoms with Crippen LogP contribution in [-0.4, -0.2) is 23.7 Å². The van der Waals surface area contributed by atoms with Crippen molar-refractivity contribution < 1.29 is 14.0 Å². The van der Waals surface area contributed by atoms with Crippen LogP contribution in [0.25, 0.3) is 0 Å². The first-order chi connectivity index (χ1) is 8.58. The molecule has 1 aliphatic rings. The molecule has 1 atom stereocenters. The van der Waals surface area contributed by atoms with Crippen LogP contribution in [0.2, 0.25) is 0 Å². The third kappa shape index (κ3) is 2.45. The quantitative estimate of drug-likeness (QED) is 0.589. The number of carbonyl (C=O) groups is 2. The van der Waals surface area contributed by atoms with E-state index in [0.717, 1.165) is 5.76 Å². The van der Waals surface area contributed by atoms with Crippen LogP contribution < -0.4 is 10.9 Å². The van der Waals surface area contributed by atoms with Crippen molar-refractivity contribution in [2.45, 2.75) is 13.8 Å². The van der Waals surface area contributed by atoms with Gasteiger partial charge in [-0.25, -0.2) is 10.9 Å². The fraction of sp³-hybridized carbons (Fsp3) is 0.273. The van der Waals surface area contributed by atoms with E-state index in [4.69, 9.17) is 4.42 Å². The first-order valence-corrected chi connectivity index (χ1v) is 5.35. The van der Waals surface area contributed by atoms with Crippen LogP contribution in [-0.2, 0) is 9.59 Å². The Morgan fingerprint density at radius 1 is 1.61 bits per heavy atom. The zero-order chi connectivity index (χ0) is 13.1. The SMILES string of the molecule is Cc1ccc(/C=N\NC(=O)C2=NNC(=O)[C@@H]2C)o1. The Bertz CT molecular complexity index is 544. The molecule has 2 heterocycles. The third-order valence-corrected chi connectivity index (χ3v) is 2.44. The van der Waals surface area contributed by atoms with Gasteiger partial charge < -0.3 is 4.42 Å². The second kappa shape index (κ2) is 4.82. The van der Waals surface area contributed by atoms with Crippen LogP contribution in [0.4, 0.5) is 0 Å². The van der Waals surface area contributed by atoms with E-state index in [1.807, 2.05) is 6.92 Å². The maximum absolute atomic E-state index is 11.6. The van der Waals surface area contributed by atoms with Crippen molar-refractivity contribution >= 4 is 23.7 Å². The van der Waals surface area contributed by atoms with E-state index >= 15 is 0 Å². The van der Waals surface area contributed by atoms with Crippen LogP contribution in [0, 0.1) is 12.8 Å². The van der Waals surface area contributed by atoms with Crippen molar-refractivity contribution in [1.29, 1.82) is 0 Å². The summed E-state index contributed by atoms with van der Waals surface area (Å²) in [6.45, 7) is 3.41. The summed E-state index contributed by atoms with van der Waals surface area (Å²) in [5, 5.41) is 7.36. The number of nitrogens with one attached hydrogen (secondary N) is 2. The highest BCUT2D eigenvalue weighted by atomic mass is 16.3. The molecule has 2 N–H and O–H groups in total. The molecule has 7 heteroatoms. The molecule has 0 aliphatic carbocycles. The van der Waals surface area contributed by atoms with Gasteiger partial charge in [0.25, 0.3) is 5.91 Å². The monoisotopic (exact) mass is 248 g/mol. The predicted octanol–water partition coefficient (Wildman–Crippen LogP) is 0.160. The zero-order valence-electron chi connectivity index (χ0n) is 9.93. The topological polar surface area (TPSA) is 96.1 Å². The normalized spacial score (nSPS) is 18.9. The smallest absolute Gasteiger partial charge is 0.288 e. The fourth-order valence-electron chi connectivity index (χ4n) is 1.42.